The first-order chi connectivity index (χ1) is 13.9. The number of esters is 1. The van der Waals surface area contributed by atoms with Crippen molar-refractivity contribution in [1.82, 2.24) is 4.90 Å². The molecule has 0 radical (unpaired) electrons. The molecule has 0 fully saturated rings. The first kappa shape index (κ1) is 21.0. The van der Waals surface area contributed by atoms with Gasteiger partial charge in [0.25, 0.3) is 11.8 Å². The van der Waals surface area contributed by atoms with Gasteiger partial charge in [0.2, 0.25) is 0 Å². The van der Waals surface area contributed by atoms with E-state index >= 15 is 0 Å². The van der Waals surface area contributed by atoms with E-state index in [1.165, 1.54) is 16.5 Å². The second-order valence-electron chi connectivity index (χ2n) is 7.13. The SMILES string of the molecule is CC(C)c1ccc(/C=C/C(=O)OCCCN2C(=O)c3ccc(Br)cc3C2=O)cc1. The predicted molar refractivity (Wildman–Crippen MR) is 115 cm³/mol. The highest BCUT2D eigenvalue weighted by Crippen LogP contribution is 2.26. The summed E-state index contributed by atoms with van der Waals surface area (Å²) in [5.74, 6) is -0.623. The number of halogens is 1. The van der Waals surface area contributed by atoms with Gasteiger partial charge in [-0.05, 0) is 47.7 Å². The van der Waals surface area contributed by atoms with Crippen LogP contribution in [0.3, 0.4) is 0 Å². The zero-order valence-electron chi connectivity index (χ0n) is 16.4. The Labute approximate surface area is 178 Å². The van der Waals surface area contributed by atoms with Crippen LogP contribution >= 0.6 is 15.9 Å². The maximum Gasteiger partial charge on any atom is 0.330 e. The van der Waals surface area contributed by atoms with Crippen LogP contribution in [0.5, 0.6) is 0 Å². The fourth-order valence-corrected chi connectivity index (χ4v) is 3.43. The van der Waals surface area contributed by atoms with Crippen molar-refractivity contribution in [3.05, 3.63) is 75.3 Å². The Kier molecular flexibility index (Phi) is 6.64. The highest BCUT2D eigenvalue weighted by molar-refractivity contribution is 9.10. The molecule has 150 valence electrons. The van der Waals surface area contributed by atoms with Gasteiger partial charge < -0.3 is 4.74 Å². The van der Waals surface area contributed by atoms with Crippen LogP contribution in [0.1, 0.15) is 58.0 Å². The van der Waals surface area contributed by atoms with Crippen LogP contribution in [-0.2, 0) is 9.53 Å². The molecule has 0 aliphatic carbocycles. The summed E-state index contributed by atoms with van der Waals surface area (Å²) in [7, 11) is 0. The molecule has 0 saturated heterocycles. The highest BCUT2D eigenvalue weighted by Gasteiger charge is 2.35. The molecule has 29 heavy (non-hydrogen) atoms. The van der Waals surface area contributed by atoms with E-state index in [0.29, 0.717) is 23.5 Å². The number of carbonyl (C=O) groups is 3. The van der Waals surface area contributed by atoms with Crippen molar-refractivity contribution in [1.29, 1.82) is 0 Å². The number of nitrogens with zero attached hydrogens (tertiary/aromatic N) is 1. The number of ether oxygens (including phenoxy) is 1. The molecule has 2 aromatic carbocycles. The molecule has 0 aromatic heterocycles. The van der Waals surface area contributed by atoms with Crippen LogP contribution in [-0.4, -0.2) is 35.8 Å². The van der Waals surface area contributed by atoms with Gasteiger partial charge in [-0.25, -0.2) is 4.79 Å². The topological polar surface area (TPSA) is 63.7 Å². The van der Waals surface area contributed by atoms with Gasteiger partial charge >= 0.3 is 5.97 Å². The van der Waals surface area contributed by atoms with Gasteiger partial charge in [-0.15, -0.1) is 0 Å². The number of amides is 2. The van der Waals surface area contributed by atoms with Crippen molar-refractivity contribution < 1.29 is 19.1 Å². The van der Waals surface area contributed by atoms with Crippen LogP contribution in [0.15, 0.2) is 53.0 Å². The number of benzene rings is 2. The summed E-state index contributed by atoms with van der Waals surface area (Å²) in [5.41, 5.74) is 2.96. The monoisotopic (exact) mass is 455 g/mol. The summed E-state index contributed by atoms with van der Waals surface area (Å²) in [6, 6.07) is 13.0. The standard InChI is InChI=1S/C23H22BrNO4/c1-15(2)17-7-4-16(5-8-17)6-11-21(26)29-13-3-12-25-22(27)19-10-9-18(24)14-20(19)23(25)28/h4-11,14-15H,3,12-13H2,1-2H3/b11-6+. The Morgan fingerprint density at radius 2 is 1.76 bits per heavy atom. The van der Waals surface area contributed by atoms with Gasteiger partial charge in [0.15, 0.2) is 0 Å². The number of hydrogen-bond donors (Lipinski definition) is 0. The van der Waals surface area contributed by atoms with Crippen molar-refractivity contribution in [3.8, 4) is 0 Å². The van der Waals surface area contributed by atoms with Crippen molar-refractivity contribution in [2.24, 2.45) is 0 Å². The van der Waals surface area contributed by atoms with E-state index in [1.807, 2.05) is 24.3 Å². The van der Waals surface area contributed by atoms with E-state index in [0.717, 1.165) is 10.0 Å². The van der Waals surface area contributed by atoms with E-state index in [9.17, 15) is 14.4 Å². The highest BCUT2D eigenvalue weighted by atomic mass is 79.9. The first-order valence-corrected chi connectivity index (χ1v) is 10.3. The van der Waals surface area contributed by atoms with Gasteiger partial charge in [0.1, 0.15) is 0 Å². The van der Waals surface area contributed by atoms with E-state index in [-0.39, 0.29) is 25.0 Å². The average Bonchev–Trinajstić information content (AvgIpc) is 2.93. The summed E-state index contributed by atoms with van der Waals surface area (Å²) in [5, 5.41) is 0. The summed E-state index contributed by atoms with van der Waals surface area (Å²) in [4.78, 5) is 37.8. The van der Waals surface area contributed by atoms with E-state index in [1.54, 1.807) is 24.3 Å². The minimum Gasteiger partial charge on any atom is -0.462 e. The maximum atomic E-state index is 12.4. The molecule has 6 heteroatoms. The molecule has 0 N–H and O–H groups in total. The lowest BCUT2D eigenvalue weighted by molar-refractivity contribution is -0.137. The fourth-order valence-electron chi connectivity index (χ4n) is 3.07. The van der Waals surface area contributed by atoms with Crippen LogP contribution in [0.25, 0.3) is 6.08 Å². The third kappa shape index (κ3) is 5.01. The van der Waals surface area contributed by atoms with E-state index in [4.69, 9.17) is 4.74 Å². The zero-order chi connectivity index (χ0) is 21.0. The van der Waals surface area contributed by atoms with E-state index in [2.05, 4.69) is 29.8 Å². The summed E-state index contributed by atoms with van der Waals surface area (Å²) < 4.78 is 5.92. The van der Waals surface area contributed by atoms with Crippen molar-refractivity contribution in [2.75, 3.05) is 13.2 Å². The largest absolute Gasteiger partial charge is 0.462 e. The Morgan fingerprint density at radius 1 is 1.07 bits per heavy atom. The lowest BCUT2D eigenvalue weighted by Gasteiger charge is -2.13. The third-order valence-electron chi connectivity index (χ3n) is 4.72. The van der Waals surface area contributed by atoms with Gasteiger partial charge in [-0.3, -0.25) is 14.5 Å². The molecule has 0 bridgehead atoms. The number of rotatable bonds is 7. The molecule has 1 heterocycles. The molecular formula is C23H22BrNO4. The maximum absolute atomic E-state index is 12.4. The van der Waals surface area contributed by atoms with Gasteiger partial charge in [0, 0.05) is 17.1 Å². The predicted octanol–water partition coefficient (Wildman–Crippen LogP) is 4.82. The lowest BCUT2D eigenvalue weighted by Crippen LogP contribution is -2.31. The number of carbonyl (C=O) groups excluding carboxylic acids is 3. The molecule has 3 rings (SSSR count). The number of hydrogen-bond acceptors (Lipinski definition) is 4. The molecule has 0 saturated carbocycles. The zero-order valence-corrected chi connectivity index (χ0v) is 17.9. The van der Waals surface area contributed by atoms with Crippen LogP contribution in [0.4, 0.5) is 0 Å². The molecule has 0 atom stereocenters. The van der Waals surface area contributed by atoms with E-state index < -0.39 is 5.97 Å². The molecule has 5 nitrogen and oxygen atoms in total. The van der Waals surface area contributed by atoms with Crippen LogP contribution in [0, 0.1) is 0 Å². The van der Waals surface area contributed by atoms with Gasteiger partial charge in [-0.2, -0.15) is 0 Å². The normalized spacial score (nSPS) is 13.4. The molecule has 2 amide bonds. The third-order valence-corrected chi connectivity index (χ3v) is 5.21. The molecule has 1 aliphatic heterocycles. The molecule has 2 aromatic rings. The Morgan fingerprint density at radius 3 is 2.45 bits per heavy atom. The molecule has 0 unspecified atom stereocenters. The number of imide groups is 1. The fraction of sp³-hybridized carbons (Fsp3) is 0.261. The lowest BCUT2D eigenvalue weighted by atomic mass is 10.0. The summed E-state index contributed by atoms with van der Waals surface area (Å²) in [6.45, 7) is 4.59. The minimum atomic E-state index is -0.454. The average molecular weight is 456 g/mol. The Balaban J connectivity index is 1.45. The van der Waals surface area contributed by atoms with Crippen molar-refractivity contribution >= 4 is 39.8 Å². The van der Waals surface area contributed by atoms with Gasteiger partial charge in [-0.1, -0.05) is 54.0 Å². The van der Waals surface area contributed by atoms with Crippen molar-refractivity contribution in [2.45, 2.75) is 26.2 Å². The summed E-state index contributed by atoms with van der Waals surface area (Å²) >= 11 is 3.31. The first-order valence-electron chi connectivity index (χ1n) is 9.47. The Hall–Kier alpha value is -2.73. The number of fused-ring (bicyclic) bond motifs is 1. The van der Waals surface area contributed by atoms with Crippen LogP contribution < -0.4 is 0 Å². The van der Waals surface area contributed by atoms with Crippen LogP contribution in [0.2, 0.25) is 0 Å². The molecular weight excluding hydrogens is 434 g/mol. The molecule has 1 aliphatic rings. The smallest absolute Gasteiger partial charge is 0.330 e. The van der Waals surface area contributed by atoms with Crippen molar-refractivity contribution in [3.63, 3.8) is 0 Å². The Bertz CT molecular complexity index is 963. The van der Waals surface area contributed by atoms with Gasteiger partial charge in [0.05, 0.1) is 17.7 Å². The summed E-state index contributed by atoms with van der Waals surface area (Å²) in [6.07, 6.45) is 3.47. The second kappa shape index (κ2) is 9.18. The second-order valence-corrected chi connectivity index (χ2v) is 8.04. The molecule has 0 spiro atoms. The quantitative estimate of drug-likeness (QED) is 0.260. The minimum absolute atomic E-state index is 0.132.